The van der Waals surface area contributed by atoms with Gasteiger partial charge < -0.3 is 48.7 Å². The van der Waals surface area contributed by atoms with E-state index < -0.39 is 47.8 Å². The number of imide groups is 1. The monoisotopic (exact) mass is 1030 g/mol. The molecule has 2 N–H and O–H groups in total. The summed E-state index contributed by atoms with van der Waals surface area (Å²) in [5.41, 5.74) is 6.78. The van der Waals surface area contributed by atoms with Crippen LogP contribution in [-0.2, 0) is 39.8 Å². The Morgan fingerprint density at radius 1 is 0.787 bits per heavy atom. The fraction of sp³-hybridized carbons (Fsp3) is 0.448. The van der Waals surface area contributed by atoms with Crippen LogP contribution in [0.4, 0.5) is 0 Å². The Kier molecular flexibility index (Phi) is 19.5. The van der Waals surface area contributed by atoms with Crippen molar-refractivity contribution in [3.05, 3.63) is 130 Å². The number of hydrogen-bond acceptors (Lipinski definition) is 13. The summed E-state index contributed by atoms with van der Waals surface area (Å²) in [5, 5.41) is 5.40. The number of benzene rings is 4. The molecule has 1 unspecified atom stereocenters. The summed E-state index contributed by atoms with van der Waals surface area (Å²) < 4.78 is 40.4. The summed E-state index contributed by atoms with van der Waals surface area (Å²) in [6.07, 6.45) is 3.92. The van der Waals surface area contributed by atoms with E-state index in [1.807, 2.05) is 38.1 Å². The van der Waals surface area contributed by atoms with E-state index >= 15 is 0 Å². The number of nitrogens with one attached hydrogen (secondary N) is 2. The summed E-state index contributed by atoms with van der Waals surface area (Å²) in [6.45, 7) is 13.3. The lowest BCUT2D eigenvalue weighted by molar-refractivity contribution is -0.162. The van der Waals surface area contributed by atoms with Gasteiger partial charge in [0, 0.05) is 18.8 Å². The van der Waals surface area contributed by atoms with E-state index in [-0.39, 0.29) is 74.9 Å². The lowest BCUT2D eigenvalue weighted by atomic mass is 9.91. The Bertz CT molecular complexity index is 2720. The summed E-state index contributed by atoms with van der Waals surface area (Å²) in [6, 6.07) is 20.4. The molecule has 2 saturated heterocycles. The number of piperidine rings is 2. The maximum atomic E-state index is 14.4. The molecule has 4 aromatic rings. The predicted octanol–water partition coefficient (Wildman–Crippen LogP) is 7.42. The van der Waals surface area contributed by atoms with Gasteiger partial charge in [0.25, 0.3) is 17.7 Å². The fourth-order valence-electron chi connectivity index (χ4n) is 9.80. The van der Waals surface area contributed by atoms with Gasteiger partial charge in [0.05, 0.1) is 57.7 Å². The van der Waals surface area contributed by atoms with Crippen LogP contribution in [-0.4, -0.2) is 124 Å². The zero-order chi connectivity index (χ0) is 53.6. The zero-order valence-corrected chi connectivity index (χ0v) is 44.0. The van der Waals surface area contributed by atoms with E-state index in [4.69, 9.17) is 33.2 Å². The molecule has 0 aliphatic carbocycles. The minimum absolute atomic E-state index is 0.105. The van der Waals surface area contributed by atoms with Crippen LogP contribution in [0.5, 0.6) is 23.0 Å². The fourth-order valence-corrected chi connectivity index (χ4v) is 9.80. The van der Waals surface area contributed by atoms with Crippen molar-refractivity contribution < 1.29 is 61.9 Å². The summed E-state index contributed by atoms with van der Waals surface area (Å²) in [4.78, 5) is 83.1. The quantitative estimate of drug-likeness (QED) is 0.0378. The molecule has 3 aliphatic heterocycles. The number of ether oxygens (including phenoxy) is 7. The van der Waals surface area contributed by atoms with Crippen molar-refractivity contribution >= 4 is 35.5 Å². The van der Waals surface area contributed by atoms with Gasteiger partial charge in [0.1, 0.15) is 36.3 Å². The maximum Gasteiger partial charge on any atom is 0.329 e. The van der Waals surface area contributed by atoms with Crippen molar-refractivity contribution in [3.63, 3.8) is 0 Å². The molecule has 75 heavy (non-hydrogen) atoms. The molecule has 0 radical (unpaired) electrons. The van der Waals surface area contributed by atoms with Gasteiger partial charge in [-0.2, -0.15) is 0 Å². The number of fused-ring (bicyclic) bond motifs is 1. The van der Waals surface area contributed by atoms with Crippen LogP contribution in [0.3, 0.4) is 0 Å². The van der Waals surface area contributed by atoms with E-state index in [9.17, 15) is 28.8 Å². The van der Waals surface area contributed by atoms with Crippen LogP contribution in [0.25, 0.3) is 0 Å². The molecule has 4 aromatic carbocycles. The highest BCUT2D eigenvalue weighted by atomic mass is 16.6. The van der Waals surface area contributed by atoms with Crippen LogP contribution >= 0.6 is 0 Å². The van der Waals surface area contributed by atoms with Crippen LogP contribution in [0, 0.1) is 20.8 Å². The lowest BCUT2D eigenvalue weighted by Gasteiger charge is -2.37. The highest BCUT2D eigenvalue weighted by Crippen LogP contribution is 2.38. The number of aryl methyl sites for hydroxylation is 4. The van der Waals surface area contributed by atoms with Crippen LogP contribution in [0.2, 0.25) is 0 Å². The number of rotatable bonds is 25. The average Bonchev–Trinajstić information content (AvgIpc) is 3.67. The van der Waals surface area contributed by atoms with Crippen molar-refractivity contribution in [3.8, 4) is 23.0 Å². The number of esters is 1. The minimum Gasteiger partial charge on any atom is -0.493 e. The number of methoxy groups -OCH3 is 2. The van der Waals surface area contributed by atoms with Crippen molar-refractivity contribution in [2.24, 2.45) is 0 Å². The van der Waals surface area contributed by atoms with Gasteiger partial charge in [-0.1, -0.05) is 56.0 Å². The summed E-state index contributed by atoms with van der Waals surface area (Å²) >= 11 is 0. The first-order valence-corrected chi connectivity index (χ1v) is 25.8. The molecule has 3 aliphatic rings. The molecule has 7 rings (SSSR count). The lowest BCUT2D eigenvalue weighted by Crippen LogP contribution is -2.51. The molecule has 400 valence electrons. The Morgan fingerprint density at radius 3 is 2.27 bits per heavy atom. The van der Waals surface area contributed by atoms with Gasteiger partial charge in [-0.25, -0.2) is 4.79 Å². The first-order valence-electron chi connectivity index (χ1n) is 25.8. The topological polar surface area (TPSA) is 198 Å². The number of nitrogens with zero attached hydrogens (tertiary/aromatic N) is 2. The number of hydrogen-bond donors (Lipinski definition) is 2. The van der Waals surface area contributed by atoms with E-state index in [0.717, 1.165) is 40.0 Å². The highest BCUT2D eigenvalue weighted by molar-refractivity contribution is 6.24. The third kappa shape index (κ3) is 13.7. The van der Waals surface area contributed by atoms with Crippen LogP contribution in [0.1, 0.15) is 118 Å². The molecule has 3 heterocycles. The summed E-state index contributed by atoms with van der Waals surface area (Å²) in [5.74, 6) is -1.07. The molecule has 17 nitrogen and oxygen atoms in total. The number of carbonyl (C=O) groups excluding carboxylic acids is 6. The smallest absolute Gasteiger partial charge is 0.329 e. The Balaban J connectivity index is 0.854. The minimum atomic E-state index is -0.916. The normalized spacial score (nSPS) is 17.2. The first kappa shape index (κ1) is 55.5. The van der Waals surface area contributed by atoms with Gasteiger partial charge in [-0.15, -0.1) is 0 Å². The van der Waals surface area contributed by atoms with Crippen molar-refractivity contribution in [1.29, 1.82) is 0 Å². The van der Waals surface area contributed by atoms with E-state index in [0.29, 0.717) is 68.0 Å². The molecule has 2 fully saturated rings. The maximum absolute atomic E-state index is 14.4. The van der Waals surface area contributed by atoms with E-state index in [1.54, 1.807) is 49.5 Å². The van der Waals surface area contributed by atoms with E-state index in [1.165, 1.54) is 11.1 Å². The van der Waals surface area contributed by atoms with Gasteiger partial charge >= 0.3 is 5.97 Å². The molecule has 0 bridgehead atoms. The summed E-state index contributed by atoms with van der Waals surface area (Å²) in [7, 11) is 3.16. The third-order valence-corrected chi connectivity index (χ3v) is 14.0. The van der Waals surface area contributed by atoms with Crippen LogP contribution in [0.15, 0.2) is 85.1 Å². The predicted molar refractivity (Wildman–Crippen MR) is 279 cm³/mol. The van der Waals surface area contributed by atoms with Crippen molar-refractivity contribution in [2.75, 3.05) is 67.0 Å². The van der Waals surface area contributed by atoms with E-state index in [2.05, 4.69) is 49.3 Å². The second-order valence-corrected chi connectivity index (χ2v) is 19.0. The molecule has 0 spiro atoms. The third-order valence-electron chi connectivity index (χ3n) is 14.0. The van der Waals surface area contributed by atoms with Crippen molar-refractivity contribution in [2.45, 2.75) is 103 Å². The second kappa shape index (κ2) is 26.3. The molecule has 0 aromatic heterocycles. The molecular formula is C58H70N4O13. The number of allylic oxidation sites excluding steroid dienone is 1. The Hall–Kier alpha value is -7.24. The molecule has 17 heteroatoms. The average molecular weight is 1030 g/mol. The standard InChI is InChI=1S/C58H70N4O13/c1-8-44(42-33-38(4)53(70-7)50(34-42)69-6)55(65)61-26-10-9-13-47(61)58(68)75-48(24-18-40-17-15-36(2)37(3)32-40)41-19-21-43(22-20-41)74-35-51(63)59-25-27-71-28-29-72-30-31-73-49-14-11-12-45-52(49)57(67)62(56(45)66)46-23-16-39(5)60-54(46)64/h11-12,14-15,17,19-22,32-34,44,46-48H,5,8-10,13,16,18,23-31,35H2,1-4,6-7H3,(H,59,63)(H,60,64)/t44-,46?,47-,48+/m0/s1. The zero-order valence-electron chi connectivity index (χ0n) is 44.0. The number of likely N-dealkylation sites (tertiary alicyclic amines) is 1. The SMILES string of the molecule is C=C1CCC(N2C(=O)c3cccc(OCCOCCOCCNC(=O)COc4ccc([C@@H](CCc5ccc(C)c(C)c5)OC(=O)[C@@H]5CCCCN5C(=O)[C@@H](CC)c5cc(C)c(OC)c(OC)c5)cc4)c3C2=O)C(=O)N1. The molecule has 0 saturated carbocycles. The van der Waals surface area contributed by atoms with Gasteiger partial charge in [0.2, 0.25) is 11.8 Å². The largest absolute Gasteiger partial charge is 0.493 e. The van der Waals surface area contributed by atoms with Gasteiger partial charge in [-0.05, 0) is 136 Å². The highest BCUT2D eigenvalue weighted by Gasteiger charge is 2.45. The van der Waals surface area contributed by atoms with Crippen molar-refractivity contribution in [1.82, 2.24) is 20.4 Å². The van der Waals surface area contributed by atoms with Crippen LogP contribution < -0.4 is 29.6 Å². The first-order chi connectivity index (χ1) is 36.2. The number of carbonyl (C=O) groups is 6. The Morgan fingerprint density at radius 2 is 1.55 bits per heavy atom. The Labute approximate surface area is 439 Å². The second-order valence-electron chi connectivity index (χ2n) is 19.0. The number of amides is 5. The molecular weight excluding hydrogens is 961 g/mol. The van der Waals surface area contributed by atoms with Gasteiger partial charge in [0.15, 0.2) is 18.1 Å². The molecule has 4 atom stereocenters. The molecule has 5 amide bonds. The van der Waals surface area contributed by atoms with Gasteiger partial charge in [-0.3, -0.25) is 28.9 Å².